The number of ether oxygens (including phenoxy) is 2. The molecular weight excluding hydrogens is 557 g/mol. The van der Waals surface area contributed by atoms with Crippen molar-refractivity contribution in [1.82, 2.24) is 29.3 Å². The highest BCUT2D eigenvalue weighted by atomic mass is 35.5. The number of aromatic nitrogens is 5. The Morgan fingerprint density at radius 2 is 1.71 bits per heavy atom. The number of imidazole rings is 1. The lowest BCUT2D eigenvalue weighted by Crippen LogP contribution is -2.35. The van der Waals surface area contributed by atoms with Crippen molar-refractivity contribution in [2.75, 3.05) is 38.7 Å². The van der Waals surface area contributed by atoms with Crippen LogP contribution in [0.5, 0.6) is 5.75 Å². The fourth-order valence-corrected chi connectivity index (χ4v) is 5.38. The number of nitrogens with zero attached hydrogens (tertiary/aromatic N) is 6. The first-order valence-electron chi connectivity index (χ1n) is 13.9. The number of hydrogen-bond donors (Lipinski definition) is 1. The Hall–Kier alpha value is -3.99. The molecule has 0 unspecified atom stereocenters. The summed E-state index contributed by atoms with van der Waals surface area (Å²) in [4.78, 5) is 7.23. The zero-order chi connectivity index (χ0) is 29.2. The predicted molar refractivity (Wildman–Crippen MR) is 160 cm³/mol. The molecule has 0 amide bonds. The Balaban J connectivity index is 1.33. The van der Waals surface area contributed by atoms with Crippen LogP contribution < -0.4 is 10.1 Å². The molecule has 0 bridgehead atoms. The summed E-state index contributed by atoms with van der Waals surface area (Å²) in [6.45, 7) is 8.37. The van der Waals surface area contributed by atoms with Gasteiger partial charge < -0.3 is 14.8 Å². The first-order chi connectivity index (χ1) is 20.4. The third-order valence-electron chi connectivity index (χ3n) is 7.55. The summed E-state index contributed by atoms with van der Waals surface area (Å²) in [5.41, 5.74) is 6.07. The van der Waals surface area contributed by atoms with Gasteiger partial charge in [-0.15, -0.1) is 5.10 Å². The molecule has 1 N–H and O–H groups in total. The maximum atomic E-state index is 14.8. The molecule has 4 heterocycles. The number of methoxy groups -OCH3 is 1. The molecule has 9 nitrogen and oxygen atoms in total. The SMILES string of the molecule is COc1ccc(Cn2nc(Nc3cc(CN4CCOCC4)c4nc(C)c(Cc5ccc(Cl)cc5F)n4n3)cc2C)cc1. The standard InChI is InChI=1S/C31H33ClFN7O2/c1-20-14-29(36-39(20)18-22-4-8-26(41-3)9-5-22)35-30-16-24(19-38-10-12-42-13-11-38)31-34-21(2)28(40(31)37-30)15-23-6-7-25(32)17-27(23)33/h4-9,14,16-17H,10-13,15,18-19H2,1-3H3,(H,35,36,37). The van der Waals surface area contributed by atoms with Gasteiger partial charge in [0, 0.05) is 48.4 Å². The fraction of sp³-hybridized carbons (Fsp3) is 0.323. The van der Waals surface area contributed by atoms with Gasteiger partial charge in [0.1, 0.15) is 11.6 Å². The van der Waals surface area contributed by atoms with Crippen molar-refractivity contribution in [3.63, 3.8) is 0 Å². The Labute approximate surface area is 248 Å². The van der Waals surface area contributed by atoms with E-state index >= 15 is 0 Å². The third-order valence-corrected chi connectivity index (χ3v) is 7.79. The van der Waals surface area contributed by atoms with Gasteiger partial charge in [-0.2, -0.15) is 5.10 Å². The molecule has 2 aromatic carbocycles. The lowest BCUT2D eigenvalue weighted by molar-refractivity contribution is 0.0343. The molecule has 0 saturated carbocycles. The van der Waals surface area contributed by atoms with Crippen molar-refractivity contribution in [3.8, 4) is 5.75 Å². The zero-order valence-corrected chi connectivity index (χ0v) is 24.7. The number of morpholine rings is 1. The molecule has 42 heavy (non-hydrogen) atoms. The van der Waals surface area contributed by atoms with E-state index in [0.717, 1.165) is 52.7 Å². The van der Waals surface area contributed by atoms with Crippen molar-refractivity contribution in [2.45, 2.75) is 33.4 Å². The Morgan fingerprint density at radius 1 is 0.952 bits per heavy atom. The van der Waals surface area contributed by atoms with Crippen molar-refractivity contribution >= 4 is 28.9 Å². The highest BCUT2D eigenvalue weighted by Crippen LogP contribution is 2.26. The quantitative estimate of drug-likeness (QED) is 0.241. The summed E-state index contributed by atoms with van der Waals surface area (Å²) < 4.78 is 29.4. The van der Waals surface area contributed by atoms with Crippen LogP contribution in [0.1, 0.15) is 33.8 Å². The number of rotatable bonds is 9. The molecule has 0 atom stereocenters. The Bertz CT molecular complexity index is 1710. The minimum absolute atomic E-state index is 0.332. The highest BCUT2D eigenvalue weighted by molar-refractivity contribution is 6.30. The number of aryl methyl sites for hydroxylation is 2. The monoisotopic (exact) mass is 589 g/mol. The molecule has 218 valence electrons. The molecule has 0 radical (unpaired) electrons. The molecule has 5 aromatic rings. The lowest BCUT2D eigenvalue weighted by atomic mass is 10.1. The second kappa shape index (κ2) is 12.1. The van der Waals surface area contributed by atoms with E-state index in [0.29, 0.717) is 54.9 Å². The number of benzene rings is 2. The van der Waals surface area contributed by atoms with Crippen LogP contribution in [-0.2, 0) is 24.2 Å². The molecule has 0 aliphatic carbocycles. The van der Waals surface area contributed by atoms with Crippen LogP contribution in [0.4, 0.5) is 16.0 Å². The topological polar surface area (TPSA) is 81.7 Å². The van der Waals surface area contributed by atoms with Gasteiger partial charge >= 0.3 is 0 Å². The number of halogens is 2. The largest absolute Gasteiger partial charge is 0.497 e. The molecule has 1 fully saturated rings. The Morgan fingerprint density at radius 3 is 2.45 bits per heavy atom. The van der Waals surface area contributed by atoms with Crippen LogP contribution in [0.3, 0.4) is 0 Å². The molecule has 0 spiro atoms. The maximum Gasteiger partial charge on any atom is 0.158 e. The van der Waals surface area contributed by atoms with Crippen molar-refractivity contribution in [2.24, 2.45) is 0 Å². The zero-order valence-electron chi connectivity index (χ0n) is 23.9. The average molecular weight is 590 g/mol. The number of hydrogen-bond acceptors (Lipinski definition) is 7. The van der Waals surface area contributed by atoms with Crippen LogP contribution in [0, 0.1) is 19.7 Å². The van der Waals surface area contributed by atoms with E-state index in [1.54, 1.807) is 19.2 Å². The molecule has 1 saturated heterocycles. The predicted octanol–water partition coefficient (Wildman–Crippen LogP) is 5.56. The molecule has 1 aliphatic rings. The van der Waals surface area contributed by atoms with Gasteiger partial charge in [-0.3, -0.25) is 9.58 Å². The summed E-state index contributed by atoms with van der Waals surface area (Å²) in [5.74, 6) is 1.79. The fourth-order valence-electron chi connectivity index (χ4n) is 5.23. The van der Waals surface area contributed by atoms with E-state index < -0.39 is 0 Å². The van der Waals surface area contributed by atoms with Gasteiger partial charge in [-0.25, -0.2) is 13.9 Å². The summed E-state index contributed by atoms with van der Waals surface area (Å²) >= 11 is 6.00. The van der Waals surface area contributed by atoms with E-state index in [2.05, 4.69) is 10.2 Å². The highest BCUT2D eigenvalue weighted by Gasteiger charge is 2.20. The summed E-state index contributed by atoms with van der Waals surface area (Å²) in [7, 11) is 1.66. The van der Waals surface area contributed by atoms with Crippen molar-refractivity contribution < 1.29 is 13.9 Å². The van der Waals surface area contributed by atoms with Crippen molar-refractivity contribution in [3.05, 3.63) is 99.2 Å². The molecule has 1 aliphatic heterocycles. The van der Waals surface area contributed by atoms with Crippen LogP contribution in [0.15, 0.2) is 54.6 Å². The lowest BCUT2D eigenvalue weighted by Gasteiger charge is -2.26. The minimum Gasteiger partial charge on any atom is -0.497 e. The molecular formula is C31H33ClFN7O2. The Kier molecular flexibility index (Phi) is 8.10. The smallest absolute Gasteiger partial charge is 0.158 e. The van der Waals surface area contributed by atoms with Gasteiger partial charge in [0.15, 0.2) is 17.3 Å². The van der Waals surface area contributed by atoms with E-state index in [1.807, 2.05) is 59.4 Å². The summed E-state index contributed by atoms with van der Waals surface area (Å²) in [5, 5.41) is 13.5. The van der Waals surface area contributed by atoms with E-state index in [9.17, 15) is 4.39 Å². The first kappa shape index (κ1) is 28.1. The van der Waals surface area contributed by atoms with Crippen molar-refractivity contribution in [1.29, 1.82) is 0 Å². The second-order valence-corrected chi connectivity index (χ2v) is 11.0. The number of anilines is 2. The average Bonchev–Trinajstić information content (AvgIpc) is 3.48. The normalized spacial score (nSPS) is 14.0. The molecule has 11 heteroatoms. The number of nitrogens with one attached hydrogen (secondary N) is 1. The third kappa shape index (κ3) is 6.11. The van der Waals surface area contributed by atoms with Gasteiger partial charge in [-0.05, 0) is 55.3 Å². The van der Waals surface area contributed by atoms with E-state index in [1.165, 1.54) is 6.07 Å². The van der Waals surface area contributed by atoms with Crippen LogP contribution >= 0.6 is 11.6 Å². The van der Waals surface area contributed by atoms with E-state index in [-0.39, 0.29) is 5.82 Å². The van der Waals surface area contributed by atoms with Crippen LogP contribution in [-0.4, -0.2) is 62.7 Å². The summed E-state index contributed by atoms with van der Waals surface area (Å²) in [6, 6.07) is 16.7. The van der Waals surface area contributed by atoms with Crippen LogP contribution in [0.25, 0.3) is 5.65 Å². The van der Waals surface area contributed by atoms with Gasteiger partial charge in [-0.1, -0.05) is 29.8 Å². The molecule has 3 aromatic heterocycles. The second-order valence-electron chi connectivity index (χ2n) is 10.5. The van der Waals surface area contributed by atoms with Gasteiger partial charge in [0.05, 0.1) is 38.3 Å². The van der Waals surface area contributed by atoms with Gasteiger partial charge in [0.25, 0.3) is 0 Å². The number of fused-ring (bicyclic) bond motifs is 1. The minimum atomic E-state index is -0.349. The maximum absolute atomic E-state index is 14.8. The first-order valence-corrected chi connectivity index (χ1v) is 14.3. The van der Waals surface area contributed by atoms with E-state index in [4.69, 9.17) is 36.3 Å². The summed E-state index contributed by atoms with van der Waals surface area (Å²) in [6.07, 6.45) is 0.332. The van der Waals surface area contributed by atoms with Gasteiger partial charge in [0.2, 0.25) is 0 Å². The molecule has 6 rings (SSSR count). The van der Waals surface area contributed by atoms with Crippen LogP contribution in [0.2, 0.25) is 5.02 Å².